The number of nitrogens with zero attached hydrogens (tertiary/aromatic N) is 2. The quantitative estimate of drug-likeness (QED) is 0.798. The molecule has 0 unspecified atom stereocenters. The number of hydrogen-bond donors (Lipinski definition) is 2. The summed E-state index contributed by atoms with van der Waals surface area (Å²) in [4.78, 5) is 28.5. The summed E-state index contributed by atoms with van der Waals surface area (Å²) in [6, 6.07) is 9.98. The van der Waals surface area contributed by atoms with Crippen LogP contribution in [0, 0.1) is 5.82 Å². The molecule has 0 bridgehead atoms. The van der Waals surface area contributed by atoms with Gasteiger partial charge in [-0.25, -0.2) is 9.18 Å². The smallest absolute Gasteiger partial charge is 0.335 e. The number of carbonyl (C=O) groups is 2. The maximum atomic E-state index is 13.1. The van der Waals surface area contributed by atoms with Crippen molar-refractivity contribution >= 4 is 23.3 Å². The van der Waals surface area contributed by atoms with E-state index in [0.29, 0.717) is 11.3 Å². The first-order valence-corrected chi connectivity index (χ1v) is 9.39. The summed E-state index contributed by atoms with van der Waals surface area (Å²) < 4.78 is 13.1. The van der Waals surface area contributed by atoms with E-state index in [2.05, 4.69) is 22.0 Å². The molecule has 1 saturated heterocycles. The third-order valence-corrected chi connectivity index (χ3v) is 4.85. The highest BCUT2D eigenvalue weighted by Gasteiger charge is 2.21. The number of carbonyl (C=O) groups excluding carboxylic acids is 1. The lowest BCUT2D eigenvalue weighted by Gasteiger charge is -2.36. The van der Waals surface area contributed by atoms with Crippen LogP contribution in [-0.4, -0.2) is 54.6 Å². The van der Waals surface area contributed by atoms with Crippen LogP contribution < -0.4 is 10.2 Å². The van der Waals surface area contributed by atoms with Gasteiger partial charge in [0.2, 0.25) is 0 Å². The number of carboxylic acids is 1. The lowest BCUT2D eigenvalue weighted by atomic mass is 10.1. The van der Waals surface area contributed by atoms with E-state index < -0.39 is 17.7 Å². The zero-order chi connectivity index (χ0) is 20.1. The van der Waals surface area contributed by atoms with Gasteiger partial charge in [0.15, 0.2) is 0 Å². The number of aromatic carboxylic acids is 1. The first-order chi connectivity index (χ1) is 13.5. The Hall–Kier alpha value is -2.93. The molecule has 7 heteroatoms. The Morgan fingerprint density at radius 3 is 2.29 bits per heavy atom. The number of nitrogens with one attached hydrogen (secondary N) is 1. The van der Waals surface area contributed by atoms with Gasteiger partial charge in [-0.05, 0) is 55.4 Å². The monoisotopic (exact) mass is 385 g/mol. The van der Waals surface area contributed by atoms with E-state index in [4.69, 9.17) is 0 Å². The summed E-state index contributed by atoms with van der Waals surface area (Å²) in [5.74, 6) is -1.89. The molecule has 1 amide bonds. The maximum Gasteiger partial charge on any atom is 0.335 e. The molecule has 3 rings (SSSR count). The molecular formula is C21H24FN3O3. The highest BCUT2D eigenvalue weighted by molar-refractivity contribution is 6.06. The van der Waals surface area contributed by atoms with Crippen molar-refractivity contribution < 1.29 is 19.1 Å². The van der Waals surface area contributed by atoms with Crippen molar-refractivity contribution in [2.75, 3.05) is 42.9 Å². The van der Waals surface area contributed by atoms with E-state index in [-0.39, 0.29) is 5.56 Å². The van der Waals surface area contributed by atoms with Crippen LogP contribution in [0.5, 0.6) is 0 Å². The fourth-order valence-corrected chi connectivity index (χ4v) is 3.37. The van der Waals surface area contributed by atoms with Crippen molar-refractivity contribution in [3.63, 3.8) is 0 Å². The minimum Gasteiger partial charge on any atom is -0.478 e. The molecule has 2 aromatic rings. The van der Waals surface area contributed by atoms with E-state index >= 15 is 0 Å². The van der Waals surface area contributed by atoms with Gasteiger partial charge in [-0.15, -0.1) is 0 Å². The number of benzene rings is 2. The van der Waals surface area contributed by atoms with Gasteiger partial charge in [-0.2, -0.15) is 0 Å². The number of piperazine rings is 1. The minimum absolute atomic E-state index is 0.0998. The molecule has 148 valence electrons. The van der Waals surface area contributed by atoms with Gasteiger partial charge < -0.3 is 15.3 Å². The zero-order valence-corrected chi connectivity index (χ0v) is 15.8. The van der Waals surface area contributed by atoms with Crippen molar-refractivity contribution in [1.82, 2.24) is 4.90 Å². The summed E-state index contributed by atoms with van der Waals surface area (Å²) in [5.41, 5.74) is 1.64. The Morgan fingerprint density at radius 1 is 1.04 bits per heavy atom. The molecule has 1 heterocycles. The SMILES string of the molecule is CCCN1CCN(c2ccc(C(=O)O)cc2NC(=O)c2ccc(F)cc2)CC1. The molecule has 0 atom stereocenters. The van der Waals surface area contributed by atoms with Crippen LogP contribution in [0.3, 0.4) is 0 Å². The predicted octanol–water partition coefficient (Wildman–Crippen LogP) is 3.31. The largest absolute Gasteiger partial charge is 0.478 e. The molecule has 1 fully saturated rings. The Labute approximate surface area is 163 Å². The first kappa shape index (κ1) is 19.8. The molecule has 0 radical (unpaired) electrons. The van der Waals surface area contributed by atoms with Crippen LogP contribution in [0.4, 0.5) is 15.8 Å². The van der Waals surface area contributed by atoms with E-state index in [9.17, 15) is 19.1 Å². The summed E-state index contributed by atoms with van der Waals surface area (Å²) >= 11 is 0. The molecule has 2 N–H and O–H groups in total. The van der Waals surface area contributed by atoms with Crippen LogP contribution in [0.1, 0.15) is 34.1 Å². The van der Waals surface area contributed by atoms with Crippen LogP contribution in [0.2, 0.25) is 0 Å². The van der Waals surface area contributed by atoms with Gasteiger partial charge in [-0.1, -0.05) is 6.92 Å². The Morgan fingerprint density at radius 2 is 1.68 bits per heavy atom. The van der Waals surface area contributed by atoms with Crippen molar-refractivity contribution in [2.45, 2.75) is 13.3 Å². The van der Waals surface area contributed by atoms with Crippen molar-refractivity contribution in [2.24, 2.45) is 0 Å². The molecule has 6 nitrogen and oxygen atoms in total. The van der Waals surface area contributed by atoms with Crippen LogP contribution >= 0.6 is 0 Å². The molecular weight excluding hydrogens is 361 g/mol. The summed E-state index contributed by atoms with van der Waals surface area (Å²) in [6.07, 6.45) is 1.10. The second kappa shape index (κ2) is 8.84. The topological polar surface area (TPSA) is 72.9 Å². The van der Waals surface area contributed by atoms with Gasteiger partial charge in [-0.3, -0.25) is 9.69 Å². The molecule has 0 spiro atoms. The Balaban J connectivity index is 1.83. The lowest BCUT2D eigenvalue weighted by Crippen LogP contribution is -2.46. The summed E-state index contributed by atoms with van der Waals surface area (Å²) in [7, 11) is 0. The highest BCUT2D eigenvalue weighted by atomic mass is 19.1. The lowest BCUT2D eigenvalue weighted by molar-refractivity contribution is 0.0696. The number of rotatable bonds is 6. The van der Waals surface area contributed by atoms with Gasteiger partial charge in [0.05, 0.1) is 16.9 Å². The third-order valence-electron chi connectivity index (χ3n) is 4.85. The van der Waals surface area contributed by atoms with Gasteiger partial charge >= 0.3 is 5.97 Å². The Bertz CT molecular complexity index is 846. The summed E-state index contributed by atoms with van der Waals surface area (Å²) in [5, 5.41) is 12.1. The van der Waals surface area contributed by atoms with E-state index in [0.717, 1.165) is 44.8 Å². The molecule has 1 aliphatic rings. The Kier molecular flexibility index (Phi) is 6.26. The second-order valence-electron chi connectivity index (χ2n) is 6.83. The number of amides is 1. The zero-order valence-electron chi connectivity index (χ0n) is 15.8. The first-order valence-electron chi connectivity index (χ1n) is 9.39. The summed E-state index contributed by atoms with van der Waals surface area (Å²) in [6.45, 7) is 6.64. The molecule has 0 aliphatic carbocycles. The van der Waals surface area contributed by atoms with Gasteiger partial charge in [0.1, 0.15) is 5.82 Å². The molecule has 2 aromatic carbocycles. The fraction of sp³-hybridized carbons (Fsp3) is 0.333. The minimum atomic E-state index is -1.06. The predicted molar refractivity (Wildman–Crippen MR) is 107 cm³/mol. The van der Waals surface area contributed by atoms with E-state index in [1.54, 1.807) is 12.1 Å². The van der Waals surface area contributed by atoms with Crippen LogP contribution in [0.15, 0.2) is 42.5 Å². The van der Waals surface area contributed by atoms with Crippen molar-refractivity contribution in [3.8, 4) is 0 Å². The number of anilines is 2. The van der Waals surface area contributed by atoms with E-state index in [1.165, 1.54) is 30.3 Å². The standard InChI is InChI=1S/C21H24FN3O3/c1-2-9-24-10-12-25(13-11-24)19-8-5-16(21(27)28)14-18(19)23-20(26)15-3-6-17(22)7-4-15/h3-8,14H,2,9-13H2,1H3,(H,23,26)(H,27,28). The normalized spacial score (nSPS) is 14.7. The molecule has 0 saturated carbocycles. The average molecular weight is 385 g/mol. The molecule has 0 aromatic heterocycles. The third kappa shape index (κ3) is 4.67. The number of hydrogen-bond acceptors (Lipinski definition) is 4. The molecule has 28 heavy (non-hydrogen) atoms. The highest BCUT2D eigenvalue weighted by Crippen LogP contribution is 2.29. The second-order valence-corrected chi connectivity index (χ2v) is 6.83. The van der Waals surface area contributed by atoms with Gasteiger partial charge in [0.25, 0.3) is 5.91 Å². The van der Waals surface area contributed by atoms with Crippen molar-refractivity contribution in [1.29, 1.82) is 0 Å². The fourth-order valence-electron chi connectivity index (χ4n) is 3.37. The van der Waals surface area contributed by atoms with Crippen molar-refractivity contribution in [3.05, 3.63) is 59.4 Å². The number of halogens is 1. The van der Waals surface area contributed by atoms with Gasteiger partial charge in [0, 0.05) is 31.7 Å². The maximum absolute atomic E-state index is 13.1. The number of carboxylic acid groups (broad SMARTS) is 1. The molecule has 1 aliphatic heterocycles. The average Bonchev–Trinajstić information content (AvgIpc) is 2.69. The van der Waals surface area contributed by atoms with Crippen LogP contribution in [-0.2, 0) is 0 Å². The van der Waals surface area contributed by atoms with E-state index in [1.807, 2.05) is 0 Å². The van der Waals surface area contributed by atoms with Crippen LogP contribution in [0.25, 0.3) is 0 Å².